The molecule has 1 aromatic carbocycles. The summed E-state index contributed by atoms with van der Waals surface area (Å²) in [6, 6.07) is 12.8. The molecule has 2 heterocycles. The summed E-state index contributed by atoms with van der Waals surface area (Å²) in [5.74, 6) is -0.208. The molecule has 0 aliphatic heterocycles. The lowest BCUT2D eigenvalue weighted by atomic mass is 10.2. The largest absolute Gasteiger partial charge is 0.319 e. The van der Waals surface area contributed by atoms with Crippen molar-refractivity contribution in [3.8, 4) is 5.69 Å². The minimum atomic E-state index is -0.398. The zero-order valence-corrected chi connectivity index (χ0v) is 18.5. The number of nitrogens with zero attached hydrogens (tertiary/aromatic N) is 3. The molecule has 0 saturated heterocycles. The molecule has 6 nitrogen and oxygen atoms in total. The fourth-order valence-electron chi connectivity index (χ4n) is 3.27. The van der Waals surface area contributed by atoms with Crippen LogP contribution in [0.4, 0.5) is 5.69 Å². The van der Waals surface area contributed by atoms with Gasteiger partial charge in [0.05, 0.1) is 21.8 Å². The van der Waals surface area contributed by atoms with Crippen molar-refractivity contribution in [3.63, 3.8) is 0 Å². The summed E-state index contributed by atoms with van der Waals surface area (Å²) < 4.78 is 4.04. The zero-order chi connectivity index (χ0) is 21.1. The van der Waals surface area contributed by atoms with Crippen molar-refractivity contribution in [3.05, 3.63) is 67.7 Å². The monoisotopic (exact) mass is 432 g/mol. The zero-order valence-electron chi connectivity index (χ0n) is 17.0. The summed E-state index contributed by atoms with van der Waals surface area (Å²) in [5, 5.41) is 2.86. The number of likely N-dealkylation sites (N-methyl/N-ethyl adjacent to an activating group) is 1. The van der Waals surface area contributed by atoms with Gasteiger partial charge in [0.25, 0.3) is 5.56 Å². The molecule has 0 aliphatic rings. The Labute approximate surface area is 179 Å². The number of amides is 1. The molecule has 154 valence electrons. The van der Waals surface area contributed by atoms with Crippen LogP contribution in [0, 0.1) is 6.92 Å². The van der Waals surface area contributed by atoms with Crippen molar-refractivity contribution in [2.24, 2.45) is 7.05 Å². The average Bonchev–Trinajstić information content (AvgIpc) is 3.22. The number of aromatic nitrogens is 2. The highest BCUT2D eigenvalue weighted by Gasteiger charge is 2.24. The van der Waals surface area contributed by atoms with Gasteiger partial charge in [-0.1, -0.05) is 36.7 Å². The SMILES string of the molecule is CCN(Cc1ccc(Cl)s1)C(C)C(=O)Nc1c(C)n(C)n(-c2ccccc2)c1=O. The molecule has 0 radical (unpaired) electrons. The molecule has 29 heavy (non-hydrogen) atoms. The minimum absolute atomic E-state index is 0.208. The first-order chi connectivity index (χ1) is 13.8. The van der Waals surface area contributed by atoms with E-state index in [4.69, 9.17) is 11.6 Å². The second-order valence-corrected chi connectivity index (χ2v) is 8.67. The number of nitrogens with one attached hydrogen (secondary N) is 1. The third kappa shape index (κ3) is 4.47. The maximum atomic E-state index is 13.0. The number of carbonyl (C=O) groups is 1. The van der Waals surface area contributed by atoms with Crippen molar-refractivity contribution >= 4 is 34.5 Å². The predicted octanol–water partition coefficient (Wildman–Crippen LogP) is 4.05. The lowest BCUT2D eigenvalue weighted by Crippen LogP contribution is -2.42. The van der Waals surface area contributed by atoms with Crippen LogP contribution in [0.3, 0.4) is 0 Å². The summed E-state index contributed by atoms with van der Waals surface area (Å²) in [7, 11) is 1.81. The van der Waals surface area contributed by atoms with Crippen LogP contribution in [0.5, 0.6) is 0 Å². The van der Waals surface area contributed by atoms with Crippen LogP contribution in [-0.2, 0) is 18.4 Å². The van der Waals surface area contributed by atoms with Crippen LogP contribution in [0.15, 0.2) is 47.3 Å². The first kappa shape index (κ1) is 21.4. The summed E-state index contributed by atoms with van der Waals surface area (Å²) in [5.41, 5.74) is 1.52. The van der Waals surface area contributed by atoms with Crippen molar-refractivity contribution in [1.82, 2.24) is 14.3 Å². The Hall–Kier alpha value is -2.35. The Bertz CT molecular complexity index is 1050. The molecule has 8 heteroatoms. The Balaban J connectivity index is 1.82. The van der Waals surface area contributed by atoms with Crippen LogP contribution < -0.4 is 10.9 Å². The molecule has 1 unspecified atom stereocenters. The van der Waals surface area contributed by atoms with Gasteiger partial charge in [-0.05, 0) is 44.7 Å². The lowest BCUT2D eigenvalue weighted by Gasteiger charge is -2.26. The van der Waals surface area contributed by atoms with Crippen molar-refractivity contribution < 1.29 is 4.79 Å². The smallest absolute Gasteiger partial charge is 0.295 e. The van der Waals surface area contributed by atoms with Crippen LogP contribution in [0.1, 0.15) is 24.4 Å². The number of carbonyl (C=O) groups excluding carboxylic acids is 1. The van der Waals surface area contributed by atoms with E-state index in [-0.39, 0.29) is 11.5 Å². The van der Waals surface area contributed by atoms with E-state index in [1.165, 1.54) is 11.3 Å². The summed E-state index contributed by atoms with van der Waals surface area (Å²) >= 11 is 7.53. The minimum Gasteiger partial charge on any atom is -0.319 e. The average molecular weight is 433 g/mol. The Morgan fingerprint density at radius 1 is 1.24 bits per heavy atom. The van der Waals surface area contributed by atoms with Gasteiger partial charge in [0.1, 0.15) is 5.69 Å². The molecule has 0 spiro atoms. The normalized spacial score (nSPS) is 12.3. The maximum Gasteiger partial charge on any atom is 0.295 e. The van der Waals surface area contributed by atoms with Gasteiger partial charge in [0.15, 0.2) is 0 Å². The van der Waals surface area contributed by atoms with Crippen LogP contribution in [-0.4, -0.2) is 32.8 Å². The summed E-state index contributed by atoms with van der Waals surface area (Å²) in [4.78, 5) is 29.1. The predicted molar refractivity (Wildman–Crippen MR) is 119 cm³/mol. The van der Waals surface area contributed by atoms with Crippen molar-refractivity contribution in [1.29, 1.82) is 0 Å². The summed E-state index contributed by atoms with van der Waals surface area (Å²) in [6.45, 7) is 7.01. The number of hydrogen-bond donors (Lipinski definition) is 1. The standard InChI is InChI=1S/C21H25ClN4O2S/c1-5-25(13-17-11-12-18(22)29-17)15(3)20(27)23-19-14(2)24(4)26(21(19)28)16-9-7-6-8-10-16/h6-12,15H,5,13H2,1-4H3,(H,23,27). The van der Waals surface area contributed by atoms with E-state index in [1.54, 1.807) is 9.36 Å². The molecule has 3 aromatic rings. The van der Waals surface area contributed by atoms with Crippen molar-refractivity contribution in [2.45, 2.75) is 33.4 Å². The number of para-hydroxylation sites is 1. The van der Waals surface area contributed by atoms with Gasteiger partial charge >= 0.3 is 0 Å². The Kier molecular flexibility index (Phi) is 6.62. The van der Waals surface area contributed by atoms with Crippen LogP contribution >= 0.6 is 22.9 Å². The summed E-state index contributed by atoms with van der Waals surface area (Å²) in [6.07, 6.45) is 0. The van der Waals surface area contributed by atoms with Gasteiger partial charge in [0, 0.05) is 18.5 Å². The topological polar surface area (TPSA) is 59.3 Å². The molecule has 0 aliphatic carbocycles. The first-order valence-electron chi connectivity index (χ1n) is 9.46. The molecule has 3 rings (SSSR count). The van der Waals surface area contributed by atoms with Gasteiger partial charge in [-0.2, -0.15) is 0 Å². The molecule has 1 atom stereocenters. The second kappa shape index (κ2) is 8.98. The maximum absolute atomic E-state index is 13.0. The number of rotatable bonds is 7. The third-order valence-corrected chi connectivity index (χ3v) is 6.34. The van der Waals surface area contributed by atoms with E-state index in [2.05, 4.69) is 5.32 Å². The molecule has 0 saturated carbocycles. The highest BCUT2D eigenvalue weighted by Crippen LogP contribution is 2.23. The van der Waals surface area contributed by atoms with Crippen LogP contribution in [0.2, 0.25) is 4.34 Å². The molecular weight excluding hydrogens is 408 g/mol. The van der Waals surface area contributed by atoms with Gasteiger partial charge in [-0.3, -0.25) is 19.2 Å². The lowest BCUT2D eigenvalue weighted by molar-refractivity contribution is -0.120. The fraction of sp³-hybridized carbons (Fsp3) is 0.333. The Morgan fingerprint density at radius 2 is 1.93 bits per heavy atom. The van der Waals surface area contributed by atoms with Crippen molar-refractivity contribution in [2.75, 3.05) is 11.9 Å². The van der Waals surface area contributed by atoms with Crippen LogP contribution in [0.25, 0.3) is 5.69 Å². The highest BCUT2D eigenvalue weighted by atomic mass is 35.5. The molecular formula is C21H25ClN4O2S. The number of thiophene rings is 1. The molecule has 2 aromatic heterocycles. The van der Waals surface area contributed by atoms with E-state index in [0.29, 0.717) is 24.5 Å². The molecule has 1 amide bonds. The number of hydrogen-bond acceptors (Lipinski definition) is 4. The molecule has 0 bridgehead atoms. The van der Waals surface area contributed by atoms with Gasteiger partial charge in [-0.15, -0.1) is 11.3 Å². The quantitative estimate of drug-likeness (QED) is 0.612. The number of anilines is 1. The fourth-order valence-corrected chi connectivity index (χ4v) is 4.38. The Morgan fingerprint density at radius 3 is 2.52 bits per heavy atom. The number of halogens is 1. The van der Waals surface area contributed by atoms with E-state index >= 15 is 0 Å². The van der Waals surface area contributed by atoms with E-state index in [9.17, 15) is 9.59 Å². The van der Waals surface area contributed by atoms with Gasteiger partial charge in [-0.25, -0.2) is 4.68 Å². The highest BCUT2D eigenvalue weighted by molar-refractivity contribution is 7.16. The van der Waals surface area contributed by atoms with Gasteiger partial charge in [0.2, 0.25) is 5.91 Å². The molecule has 1 N–H and O–H groups in total. The third-order valence-electron chi connectivity index (χ3n) is 5.12. The number of benzene rings is 1. The van der Waals surface area contributed by atoms with Gasteiger partial charge < -0.3 is 5.32 Å². The van der Waals surface area contributed by atoms with E-state index < -0.39 is 6.04 Å². The van der Waals surface area contributed by atoms with E-state index in [1.807, 2.05) is 75.2 Å². The second-order valence-electron chi connectivity index (χ2n) is 6.87. The van der Waals surface area contributed by atoms with E-state index in [0.717, 1.165) is 14.9 Å². The first-order valence-corrected chi connectivity index (χ1v) is 10.7. The molecule has 0 fully saturated rings.